The lowest BCUT2D eigenvalue weighted by Gasteiger charge is -2.09. The van der Waals surface area contributed by atoms with Crippen LogP contribution in [0.4, 0.5) is 13.2 Å². The van der Waals surface area contributed by atoms with Crippen LogP contribution in [0.15, 0.2) is 0 Å². The van der Waals surface area contributed by atoms with E-state index < -0.39 is 18.5 Å². The molecular weight excluding hydrogens is 183 g/mol. The molecule has 0 aliphatic heterocycles. The molecule has 0 saturated heterocycles. The molecule has 13 heavy (non-hydrogen) atoms. The van der Waals surface area contributed by atoms with Crippen LogP contribution in [-0.4, -0.2) is 18.1 Å². The molecule has 0 unspecified atom stereocenters. The van der Waals surface area contributed by atoms with Crippen molar-refractivity contribution in [3.8, 4) is 0 Å². The molecule has 0 bridgehead atoms. The molecule has 1 amide bonds. The minimum Gasteiger partial charge on any atom is -0.354 e. The maximum absolute atomic E-state index is 11.5. The molecule has 0 saturated carbocycles. The zero-order valence-electron chi connectivity index (χ0n) is 8.33. The van der Waals surface area contributed by atoms with Gasteiger partial charge in [-0.3, -0.25) is 4.79 Å². The first-order valence-corrected chi connectivity index (χ1v) is 4.17. The zero-order chi connectivity index (χ0) is 11.1. The third-order valence-corrected chi connectivity index (χ3v) is 0.811. The fourth-order valence-electron chi connectivity index (χ4n) is 0.555. The van der Waals surface area contributed by atoms with Crippen molar-refractivity contribution in [2.75, 3.05) is 0 Å². The number of carbonyl (C=O) groups is 1. The summed E-state index contributed by atoms with van der Waals surface area (Å²) in [4.78, 5) is 10.4. The quantitative estimate of drug-likeness (QED) is 0.727. The summed E-state index contributed by atoms with van der Waals surface area (Å²) in [6.45, 7) is 7.21. The molecule has 1 N–H and O–H groups in total. The van der Waals surface area contributed by atoms with Crippen LogP contribution in [0.2, 0.25) is 0 Å². The lowest BCUT2D eigenvalue weighted by Crippen LogP contribution is -2.33. The fourth-order valence-corrected chi connectivity index (χ4v) is 0.555. The van der Waals surface area contributed by atoms with Crippen LogP contribution in [0, 0.1) is 0 Å². The van der Waals surface area contributed by atoms with Crippen molar-refractivity contribution in [1.29, 1.82) is 0 Å². The number of rotatable bonds is 2. The van der Waals surface area contributed by atoms with E-state index in [-0.39, 0.29) is 6.04 Å². The number of amides is 1. The van der Waals surface area contributed by atoms with Crippen LogP contribution >= 0.6 is 0 Å². The Morgan fingerprint density at radius 2 is 1.69 bits per heavy atom. The first kappa shape index (κ1) is 14.8. The third kappa shape index (κ3) is 14.2. The highest BCUT2D eigenvalue weighted by Gasteiger charge is 2.31. The summed E-state index contributed by atoms with van der Waals surface area (Å²) in [5.41, 5.74) is 0. The predicted octanol–water partition coefficient (Wildman–Crippen LogP) is 2.49. The second-order valence-electron chi connectivity index (χ2n) is 2.51. The summed E-state index contributed by atoms with van der Waals surface area (Å²) >= 11 is 0. The summed E-state index contributed by atoms with van der Waals surface area (Å²) in [6, 6.07) is -0.246. The average Bonchev–Trinajstić information content (AvgIpc) is 1.85. The minimum absolute atomic E-state index is 0.246. The summed E-state index contributed by atoms with van der Waals surface area (Å²) in [5.74, 6) is -0.979. The molecule has 0 aromatic heterocycles. The van der Waals surface area contributed by atoms with Crippen LogP contribution in [0.3, 0.4) is 0 Å². The Morgan fingerprint density at radius 1 is 1.31 bits per heavy atom. The van der Waals surface area contributed by atoms with E-state index in [0.29, 0.717) is 0 Å². The maximum atomic E-state index is 11.5. The van der Waals surface area contributed by atoms with Crippen LogP contribution in [0.25, 0.3) is 0 Å². The summed E-state index contributed by atoms with van der Waals surface area (Å²) in [7, 11) is 0. The van der Waals surface area contributed by atoms with E-state index in [1.807, 2.05) is 13.8 Å². The minimum atomic E-state index is -4.40. The highest BCUT2D eigenvalue weighted by molar-refractivity contribution is 5.76. The third-order valence-electron chi connectivity index (χ3n) is 0.811. The normalized spacial score (nSPS) is 10.5. The molecule has 0 rings (SSSR count). The predicted molar refractivity (Wildman–Crippen MR) is 45.3 cm³/mol. The lowest BCUT2D eigenvalue weighted by atomic mass is 10.3. The zero-order valence-corrected chi connectivity index (χ0v) is 8.33. The molecular formula is C8H16F3NO. The first-order chi connectivity index (χ1) is 5.81. The molecule has 0 fully saturated rings. The topological polar surface area (TPSA) is 29.1 Å². The maximum Gasteiger partial charge on any atom is 0.397 e. The molecule has 0 atom stereocenters. The van der Waals surface area contributed by atoms with E-state index in [1.165, 1.54) is 0 Å². The fraction of sp³-hybridized carbons (Fsp3) is 0.875. The highest BCUT2D eigenvalue weighted by Crippen LogP contribution is 2.18. The van der Waals surface area contributed by atoms with Gasteiger partial charge < -0.3 is 5.32 Å². The molecule has 5 heteroatoms. The van der Waals surface area contributed by atoms with Crippen molar-refractivity contribution in [2.24, 2.45) is 0 Å². The summed E-state index contributed by atoms with van der Waals surface area (Å²) in [5, 5.41) is 2.14. The van der Waals surface area contributed by atoms with Crippen molar-refractivity contribution in [3.05, 3.63) is 0 Å². The molecule has 80 valence electrons. The van der Waals surface area contributed by atoms with E-state index in [1.54, 1.807) is 13.8 Å². The average molecular weight is 199 g/mol. The largest absolute Gasteiger partial charge is 0.397 e. The Balaban J connectivity index is 0. The number of carbonyl (C=O) groups excluding carboxylic acids is 1. The Bertz CT molecular complexity index is 143. The van der Waals surface area contributed by atoms with Gasteiger partial charge in [-0.1, -0.05) is 13.8 Å². The summed E-state index contributed by atoms with van der Waals surface area (Å²) in [6.07, 6.45) is -5.80. The Morgan fingerprint density at radius 3 is 1.92 bits per heavy atom. The van der Waals surface area contributed by atoms with Gasteiger partial charge in [0, 0.05) is 6.04 Å². The number of hydrogen-bond donors (Lipinski definition) is 1. The number of nitrogens with one attached hydrogen (secondary N) is 1. The van der Waals surface area contributed by atoms with E-state index in [4.69, 9.17) is 0 Å². The standard InChI is InChI=1S/C6H10F3NO.C2H6/c1-4(2)10-5(11)3-6(7,8)9;1-2/h4H,3H2,1-2H3,(H,10,11);1-2H3. The lowest BCUT2D eigenvalue weighted by molar-refractivity contribution is -0.154. The van der Waals surface area contributed by atoms with Crippen LogP contribution in [-0.2, 0) is 4.79 Å². The highest BCUT2D eigenvalue weighted by atomic mass is 19.4. The molecule has 0 aliphatic carbocycles. The van der Waals surface area contributed by atoms with Gasteiger partial charge in [0.1, 0.15) is 6.42 Å². The van der Waals surface area contributed by atoms with Crippen molar-refractivity contribution in [3.63, 3.8) is 0 Å². The van der Waals surface area contributed by atoms with Gasteiger partial charge in [-0.05, 0) is 13.8 Å². The second-order valence-corrected chi connectivity index (χ2v) is 2.51. The van der Waals surface area contributed by atoms with Crippen molar-refractivity contribution in [1.82, 2.24) is 5.32 Å². The van der Waals surface area contributed by atoms with Gasteiger partial charge in [-0.2, -0.15) is 13.2 Å². The van der Waals surface area contributed by atoms with Crippen molar-refractivity contribution in [2.45, 2.75) is 46.3 Å². The van der Waals surface area contributed by atoms with Crippen LogP contribution in [0.1, 0.15) is 34.1 Å². The van der Waals surface area contributed by atoms with E-state index in [2.05, 4.69) is 5.32 Å². The number of hydrogen-bond acceptors (Lipinski definition) is 1. The SMILES string of the molecule is CC.CC(C)NC(=O)CC(F)(F)F. The van der Waals surface area contributed by atoms with Gasteiger partial charge in [-0.15, -0.1) is 0 Å². The van der Waals surface area contributed by atoms with E-state index >= 15 is 0 Å². The Labute approximate surface area is 76.5 Å². The summed E-state index contributed by atoms with van der Waals surface area (Å²) < 4.78 is 34.5. The van der Waals surface area contributed by atoms with E-state index in [9.17, 15) is 18.0 Å². The van der Waals surface area contributed by atoms with Crippen LogP contribution < -0.4 is 5.32 Å². The Hall–Kier alpha value is -0.740. The van der Waals surface area contributed by atoms with E-state index in [0.717, 1.165) is 0 Å². The molecule has 0 aliphatic rings. The Kier molecular flexibility index (Phi) is 7.66. The molecule has 0 radical (unpaired) electrons. The number of alkyl halides is 3. The first-order valence-electron chi connectivity index (χ1n) is 4.17. The van der Waals surface area contributed by atoms with Crippen LogP contribution in [0.5, 0.6) is 0 Å². The van der Waals surface area contributed by atoms with Gasteiger partial charge in [0.2, 0.25) is 5.91 Å². The van der Waals surface area contributed by atoms with Crippen molar-refractivity contribution < 1.29 is 18.0 Å². The number of halogens is 3. The van der Waals surface area contributed by atoms with Crippen molar-refractivity contribution >= 4 is 5.91 Å². The molecule has 0 aromatic rings. The monoisotopic (exact) mass is 199 g/mol. The molecule has 0 heterocycles. The van der Waals surface area contributed by atoms with Gasteiger partial charge in [0.15, 0.2) is 0 Å². The van der Waals surface area contributed by atoms with Gasteiger partial charge in [0.25, 0.3) is 0 Å². The van der Waals surface area contributed by atoms with Gasteiger partial charge >= 0.3 is 6.18 Å². The molecule has 2 nitrogen and oxygen atoms in total. The molecule has 0 spiro atoms. The van der Waals surface area contributed by atoms with Gasteiger partial charge in [-0.25, -0.2) is 0 Å². The smallest absolute Gasteiger partial charge is 0.354 e. The molecule has 0 aromatic carbocycles. The second kappa shape index (κ2) is 6.74. The van der Waals surface area contributed by atoms with Gasteiger partial charge in [0.05, 0.1) is 0 Å².